The molecule has 4 rings (SSSR count). The van der Waals surface area contributed by atoms with E-state index in [0.717, 1.165) is 42.5 Å². The summed E-state index contributed by atoms with van der Waals surface area (Å²) in [4.78, 5) is 28.5. The molecule has 2 amide bonds. The van der Waals surface area contributed by atoms with Crippen LogP contribution in [0.15, 0.2) is 53.0 Å². The van der Waals surface area contributed by atoms with Gasteiger partial charge in [0.2, 0.25) is 0 Å². The van der Waals surface area contributed by atoms with Crippen molar-refractivity contribution in [1.29, 1.82) is 0 Å². The van der Waals surface area contributed by atoms with E-state index in [-0.39, 0.29) is 11.8 Å². The minimum Gasteiger partial charge on any atom is -0.385 e. The number of unbranched alkanes of at least 4 members (excludes halogenated alkanes) is 1. The fourth-order valence-corrected chi connectivity index (χ4v) is 4.51. The lowest BCUT2D eigenvalue weighted by atomic mass is 9.84. The summed E-state index contributed by atoms with van der Waals surface area (Å²) in [6.07, 6.45) is 3.14. The molecule has 0 spiro atoms. The molecule has 2 heterocycles. The second-order valence-corrected chi connectivity index (χ2v) is 8.81. The van der Waals surface area contributed by atoms with Crippen LogP contribution in [0.3, 0.4) is 0 Å². The Balaban J connectivity index is 1.22. The number of likely N-dealkylation sites (tertiary alicyclic amines) is 1. The first kappa shape index (κ1) is 20.3. The molecule has 5 nitrogen and oxygen atoms in total. The van der Waals surface area contributed by atoms with Gasteiger partial charge in [-0.2, -0.15) is 0 Å². The Hall–Kier alpha value is -2.02. The first-order valence-electron chi connectivity index (χ1n) is 10.1. The number of halogens is 1. The number of carbonyl (C=O) groups excluding carboxylic acids is 2. The lowest BCUT2D eigenvalue weighted by Gasteiger charge is -2.38. The molecule has 2 aromatic carbocycles. The van der Waals surface area contributed by atoms with Crippen LogP contribution in [0.25, 0.3) is 0 Å². The Morgan fingerprint density at radius 3 is 2.00 bits per heavy atom. The van der Waals surface area contributed by atoms with Gasteiger partial charge in [0.15, 0.2) is 0 Å². The van der Waals surface area contributed by atoms with Crippen LogP contribution in [0.2, 0.25) is 0 Å². The Labute approximate surface area is 179 Å². The average molecular weight is 457 g/mol. The molecule has 0 aromatic heterocycles. The summed E-state index contributed by atoms with van der Waals surface area (Å²) < 4.78 is 1.01. The third-order valence-corrected chi connectivity index (χ3v) is 6.58. The van der Waals surface area contributed by atoms with Gasteiger partial charge in [0.05, 0.1) is 16.7 Å². The lowest BCUT2D eigenvalue weighted by Crippen LogP contribution is -2.43. The highest BCUT2D eigenvalue weighted by Gasteiger charge is 2.35. The normalized spacial score (nSPS) is 18.9. The van der Waals surface area contributed by atoms with Gasteiger partial charge in [-0.05, 0) is 62.1 Å². The summed E-state index contributed by atoms with van der Waals surface area (Å²) >= 11 is 3.44. The Kier molecular flexibility index (Phi) is 5.86. The molecule has 1 N–H and O–H groups in total. The number of amides is 2. The van der Waals surface area contributed by atoms with Gasteiger partial charge in [0, 0.05) is 24.1 Å². The van der Waals surface area contributed by atoms with Gasteiger partial charge in [-0.25, -0.2) is 0 Å². The summed E-state index contributed by atoms with van der Waals surface area (Å²) in [7, 11) is 0. The third kappa shape index (κ3) is 4.15. The summed E-state index contributed by atoms with van der Waals surface area (Å²) in [5.74, 6) is -0.355. The van der Waals surface area contributed by atoms with E-state index in [1.165, 1.54) is 4.90 Å². The molecule has 2 aromatic rings. The smallest absolute Gasteiger partial charge is 0.261 e. The quantitative estimate of drug-likeness (QED) is 0.530. The predicted molar refractivity (Wildman–Crippen MR) is 115 cm³/mol. The monoisotopic (exact) mass is 456 g/mol. The second-order valence-electron chi connectivity index (χ2n) is 7.89. The highest BCUT2D eigenvalue weighted by molar-refractivity contribution is 9.10. The molecule has 0 unspecified atom stereocenters. The summed E-state index contributed by atoms with van der Waals surface area (Å²) in [6, 6.07) is 14.9. The largest absolute Gasteiger partial charge is 0.385 e. The van der Waals surface area contributed by atoms with Crippen LogP contribution >= 0.6 is 15.9 Å². The fourth-order valence-electron chi connectivity index (χ4n) is 4.24. The molecule has 0 saturated carbocycles. The third-order valence-electron chi connectivity index (χ3n) is 6.05. The minimum atomic E-state index is -0.753. The van der Waals surface area contributed by atoms with Crippen LogP contribution in [-0.4, -0.2) is 52.9 Å². The lowest BCUT2D eigenvalue weighted by molar-refractivity contribution is -0.0261. The number of aliphatic hydroxyl groups is 1. The van der Waals surface area contributed by atoms with Crippen molar-refractivity contribution in [3.05, 3.63) is 69.7 Å². The number of piperidine rings is 1. The minimum absolute atomic E-state index is 0.178. The van der Waals surface area contributed by atoms with Gasteiger partial charge in [0.1, 0.15) is 0 Å². The highest BCUT2D eigenvalue weighted by Crippen LogP contribution is 2.33. The Morgan fingerprint density at radius 2 is 1.41 bits per heavy atom. The van der Waals surface area contributed by atoms with Gasteiger partial charge in [-0.15, -0.1) is 0 Å². The molecule has 29 heavy (non-hydrogen) atoms. The summed E-state index contributed by atoms with van der Waals surface area (Å²) in [5, 5.41) is 11.0. The number of carbonyl (C=O) groups is 2. The predicted octanol–water partition coefficient (Wildman–Crippen LogP) is 3.81. The molecule has 152 valence electrons. The van der Waals surface area contributed by atoms with E-state index in [0.29, 0.717) is 30.5 Å². The molecular weight excluding hydrogens is 432 g/mol. The van der Waals surface area contributed by atoms with Gasteiger partial charge in [-0.3, -0.25) is 14.5 Å². The number of fused-ring (bicyclic) bond motifs is 1. The second kappa shape index (κ2) is 8.38. The maximum atomic E-state index is 12.4. The van der Waals surface area contributed by atoms with Crippen LogP contribution < -0.4 is 0 Å². The molecular formula is C23H25BrN2O3. The molecule has 1 fully saturated rings. The van der Waals surface area contributed by atoms with Crippen molar-refractivity contribution in [3.8, 4) is 0 Å². The molecule has 2 aliphatic heterocycles. The fraction of sp³-hybridized carbons (Fsp3) is 0.391. The zero-order chi connectivity index (χ0) is 20.4. The highest BCUT2D eigenvalue weighted by atomic mass is 79.9. The van der Waals surface area contributed by atoms with Crippen LogP contribution in [0.1, 0.15) is 52.0 Å². The first-order chi connectivity index (χ1) is 14.0. The van der Waals surface area contributed by atoms with E-state index in [4.69, 9.17) is 0 Å². The summed E-state index contributed by atoms with van der Waals surface area (Å²) in [6.45, 7) is 3.07. The van der Waals surface area contributed by atoms with Crippen molar-refractivity contribution in [2.24, 2.45) is 0 Å². The molecule has 1 saturated heterocycles. The number of benzene rings is 2. The SMILES string of the molecule is O=C1c2ccccc2C(=O)N1CCCCN1CCC(O)(c2ccc(Br)cc2)CC1. The van der Waals surface area contributed by atoms with Crippen molar-refractivity contribution >= 4 is 27.7 Å². The van der Waals surface area contributed by atoms with E-state index in [2.05, 4.69) is 20.8 Å². The van der Waals surface area contributed by atoms with E-state index in [1.807, 2.05) is 24.3 Å². The number of rotatable bonds is 6. The van der Waals surface area contributed by atoms with E-state index >= 15 is 0 Å². The van der Waals surface area contributed by atoms with Crippen LogP contribution in [0.5, 0.6) is 0 Å². The van der Waals surface area contributed by atoms with Crippen LogP contribution in [0, 0.1) is 0 Å². The van der Waals surface area contributed by atoms with E-state index in [1.54, 1.807) is 24.3 Å². The van der Waals surface area contributed by atoms with Crippen molar-refractivity contribution < 1.29 is 14.7 Å². The number of hydrogen-bond acceptors (Lipinski definition) is 4. The Bertz CT molecular complexity index is 870. The van der Waals surface area contributed by atoms with Crippen molar-refractivity contribution in [3.63, 3.8) is 0 Å². The first-order valence-corrected chi connectivity index (χ1v) is 10.9. The molecule has 0 aliphatic carbocycles. The molecule has 0 atom stereocenters. The van der Waals surface area contributed by atoms with Crippen molar-refractivity contribution in [2.45, 2.75) is 31.3 Å². The maximum Gasteiger partial charge on any atom is 0.261 e. The molecule has 2 aliphatic rings. The van der Waals surface area contributed by atoms with Crippen molar-refractivity contribution in [1.82, 2.24) is 9.80 Å². The topological polar surface area (TPSA) is 60.9 Å². The zero-order valence-corrected chi connectivity index (χ0v) is 17.9. The standard InChI is InChI=1S/C23H25BrN2O3/c24-18-9-7-17(8-10-18)23(29)11-15-25(16-12-23)13-3-4-14-26-21(27)19-5-1-2-6-20(19)22(26)28/h1-2,5-10,29H,3-4,11-16H2. The Morgan fingerprint density at radius 1 is 0.862 bits per heavy atom. The molecule has 0 radical (unpaired) electrons. The van der Waals surface area contributed by atoms with Crippen molar-refractivity contribution in [2.75, 3.05) is 26.2 Å². The van der Waals surface area contributed by atoms with Gasteiger partial charge in [-0.1, -0.05) is 40.2 Å². The maximum absolute atomic E-state index is 12.4. The average Bonchev–Trinajstić information content (AvgIpc) is 2.98. The molecule has 0 bridgehead atoms. The van der Waals surface area contributed by atoms with Gasteiger partial charge in [0.25, 0.3) is 11.8 Å². The number of imide groups is 1. The van der Waals surface area contributed by atoms with Gasteiger partial charge < -0.3 is 10.0 Å². The summed E-state index contributed by atoms with van der Waals surface area (Å²) in [5.41, 5.74) is 1.25. The zero-order valence-electron chi connectivity index (χ0n) is 16.3. The van der Waals surface area contributed by atoms with Crippen LogP contribution in [-0.2, 0) is 5.60 Å². The van der Waals surface area contributed by atoms with Crippen LogP contribution in [0.4, 0.5) is 0 Å². The van der Waals surface area contributed by atoms with Gasteiger partial charge >= 0.3 is 0 Å². The molecule has 6 heteroatoms. The number of hydrogen-bond donors (Lipinski definition) is 1. The van der Waals surface area contributed by atoms with E-state index < -0.39 is 5.60 Å². The van der Waals surface area contributed by atoms with E-state index in [9.17, 15) is 14.7 Å². The number of nitrogens with zero attached hydrogens (tertiary/aromatic N) is 2.